The Labute approximate surface area is 183 Å². The number of hydrogen-bond donors (Lipinski definition) is 1. The van der Waals surface area contributed by atoms with Crippen LogP contribution in [-0.4, -0.2) is 39.4 Å². The van der Waals surface area contributed by atoms with Crippen LogP contribution in [0.4, 0.5) is 18.9 Å². The third-order valence-corrected chi connectivity index (χ3v) is 7.29. The van der Waals surface area contributed by atoms with E-state index in [1.807, 2.05) is 0 Å². The van der Waals surface area contributed by atoms with Gasteiger partial charge >= 0.3 is 12.1 Å². The van der Waals surface area contributed by atoms with Crippen LogP contribution in [0.5, 0.6) is 0 Å². The van der Waals surface area contributed by atoms with Crippen molar-refractivity contribution in [3.8, 4) is 0 Å². The van der Waals surface area contributed by atoms with Crippen LogP contribution in [0.3, 0.4) is 0 Å². The summed E-state index contributed by atoms with van der Waals surface area (Å²) in [6.45, 7) is 0.537. The van der Waals surface area contributed by atoms with E-state index in [9.17, 15) is 18.0 Å². The van der Waals surface area contributed by atoms with Gasteiger partial charge in [0.15, 0.2) is 10.8 Å². The number of halogens is 3. The number of aliphatic imine (C=N–C) groups is 1. The molecule has 1 aliphatic rings. The van der Waals surface area contributed by atoms with Crippen LogP contribution in [0, 0.1) is 0 Å². The van der Waals surface area contributed by atoms with Gasteiger partial charge in [-0.3, -0.25) is 19.8 Å². The van der Waals surface area contributed by atoms with Gasteiger partial charge in [-0.25, -0.2) is 0 Å². The second-order valence-corrected chi connectivity index (χ2v) is 9.27. The predicted molar refractivity (Wildman–Crippen MR) is 117 cm³/mol. The highest BCUT2D eigenvalue weighted by molar-refractivity contribution is 8.30. The number of carbonyl (C=O) groups is 1. The molecule has 0 spiro atoms. The van der Waals surface area contributed by atoms with E-state index in [1.54, 1.807) is 54.9 Å². The Bertz CT molecular complexity index is 1240. The molecule has 0 bridgehead atoms. The Kier molecular flexibility index (Phi) is 6.38. The van der Waals surface area contributed by atoms with Crippen molar-refractivity contribution >= 4 is 38.6 Å². The molecular weight excluding hydrogens is 441 g/mol. The minimum Gasteiger partial charge on any atom is -0.284 e. The van der Waals surface area contributed by atoms with Crippen LogP contribution in [0.2, 0.25) is 0 Å². The van der Waals surface area contributed by atoms with Gasteiger partial charge in [-0.2, -0.15) is 24.1 Å². The van der Waals surface area contributed by atoms with Crippen molar-refractivity contribution < 1.29 is 18.0 Å². The van der Waals surface area contributed by atoms with E-state index >= 15 is 0 Å². The smallest absolute Gasteiger partial charge is 0.284 e. The van der Waals surface area contributed by atoms with Crippen molar-refractivity contribution in [3.63, 3.8) is 0 Å². The molecule has 11 heteroatoms. The predicted octanol–water partition coefficient (Wildman–Crippen LogP) is 5.19. The van der Waals surface area contributed by atoms with Crippen molar-refractivity contribution in [1.29, 1.82) is 0 Å². The first kappa shape index (κ1) is 21.8. The molecule has 1 unspecified atom stereocenters. The molecule has 0 aliphatic carbocycles. The van der Waals surface area contributed by atoms with E-state index in [4.69, 9.17) is 0 Å². The van der Waals surface area contributed by atoms with Gasteiger partial charge in [0.1, 0.15) is 0 Å². The molecular formula is C21H18F3N6OS+. The monoisotopic (exact) mass is 459 g/mol. The summed E-state index contributed by atoms with van der Waals surface area (Å²) in [5.74, 6) is 0.163. The lowest BCUT2D eigenvalue weighted by Gasteiger charge is -2.18. The molecule has 7 nitrogen and oxygen atoms in total. The van der Waals surface area contributed by atoms with Gasteiger partial charge in [0.25, 0.3) is 0 Å². The van der Waals surface area contributed by atoms with Crippen LogP contribution >= 0.6 is 10.9 Å². The fraction of sp³-hybridized carbons (Fsp3) is 0.238. The highest BCUT2D eigenvalue weighted by Gasteiger charge is 2.29. The van der Waals surface area contributed by atoms with Gasteiger partial charge in [-0.1, -0.05) is 0 Å². The number of alkyl halides is 3. The maximum absolute atomic E-state index is 12.5. The third-order valence-electron chi connectivity index (χ3n) is 4.74. The molecule has 2 aromatic carbocycles. The number of amides is 1. The Balaban J connectivity index is 1.42. The Hall–Kier alpha value is -3.43. The number of hydrogen-bond acceptors (Lipinski definition) is 5. The van der Waals surface area contributed by atoms with Crippen molar-refractivity contribution in [2.75, 3.05) is 12.3 Å². The summed E-state index contributed by atoms with van der Waals surface area (Å²) in [6.07, 6.45) is -1.98. The zero-order valence-corrected chi connectivity index (χ0v) is 17.6. The van der Waals surface area contributed by atoms with Gasteiger partial charge in [0.2, 0.25) is 10.0 Å². The minimum atomic E-state index is -4.20. The van der Waals surface area contributed by atoms with E-state index in [2.05, 4.69) is 30.1 Å². The summed E-state index contributed by atoms with van der Waals surface area (Å²) < 4.78 is 37.6. The van der Waals surface area contributed by atoms with Gasteiger partial charge in [-0.15, -0.1) is 0 Å². The molecule has 32 heavy (non-hydrogen) atoms. The molecule has 0 radical (unpaired) electrons. The van der Waals surface area contributed by atoms with Gasteiger partial charge in [0.05, 0.1) is 16.1 Å². The van der Waals surface area contributed by atoms with Crippen LogP contribution in [0.1, 0.15) is 23.2 Å². The number of thiol groups is 1. The first-order valence-electron chi connectivity index (χ1n) is 9.74. The molecule has 1 aromatic heterocycles. The van der Waals surface area contributed by atoms with E-state index in [0.717, 1.165) is 16.2 Å². The molecule has 0 saturated carbocycles. The second kappa shape index (κ2) is 9.37. The third kappa shape index (κ3) is 5.43. The molecule has 0 N–H and O–H groups in total. The van der Waals surface area contributed by atoms with E-state index in [1.165, 1.54) is 0 Å². The summed E-state index contributed by atoms with van der Waals surface area (Å²) in [5.41, 5.74) is 2.17. The average Bonchev–Trinajstić information content (AvgIpc) is 3.26. The number of aromatic nitrogens is 2. The van der Waals surface area contributed by atoms with Crippen LogP contribution in [0.25, 0.3) is 11.0 Å². The average molecular weight is 459 g/mol. The van der Waals surface area contributed by atoms with Crippen molar-refractivity contribution in [2.24, 2.45) is 15.2 Å². The molecule has 1 aliphatic heterocycles. The zero-order chi connectivity index (χ0) is 22.6. The SMILES string of the molecule is O=C(N=[N+]=Nc1ccc2nccnc2c1)c1ccc([SH]2CCN=C2CCC(F)(F)F)cc1. The molecule has 1 amide bonds. The molecule has 4 rings (SSSR count). The van der Waals surface area contributed by atoms with E-state index in [-0.39, 0.29) is 6.42 Å². The van der Waals surface area contributed by atoms with Gasteiger partial charge in [-0.05, 0) is 47.4 Å². The minimum absolute atomic E-state index is 0.0774. The van der Waals surface area contributed by atoms with Crippen molar-refractivity contribution in [2.45, 2.75) is 23.9 Å². The van der Waals surface area contributed by atoms with E-state index in [0.29, 0.717) is 28.4 Å². The zero-order valence-electron chi connectivity index (χ0n) is 16.7. The molecule has 3 aromatic rings. The lowest BCUT2D eigenvalue weighted by molar-refractivity contribution is -0.132. The number of fused-ring (bicyclic) bond motifs is 1. The van der Waals surface area contributed by atoms with Crippen molar-refractivity contribution in [1.82, 2.24) is 14.9 Å². The fourth-order valence-corrected chi connectivity index (χ4v) is 5.49. The molecule has 164 valence electrons. The van der Waals surface area contributed by atoms with Crippen LogP contribution < -0.4 is 4.91 Å². The van der Waals surface area contributed by atoms with Gasteiger partial charge in [0, 0.05) is 43.1 Å². The number of rotatable bonds is 5. The molecule has 0 fully saturated rings. The van der Waals surface area contributed by atoms with Crippen molar-refractivity contribution in [3.05, 3.63) is 60.4 Å². The summed E-state index contributed by atoms with van der Waals surface area (Å²) in [5, 5.41) is 8.15. The first-order chi connectivity index (χ1) is 15.4. The number of nitrogens with zero attached hydrogens (tertiary/aromatic N) is 6. The Morgan fingerprint density at radius 3 is 2.56 bits per heavy atom. The van der Waals surface area contributed by atoms with Crippen LogP contribution in [0.15, 0.2) is 75.0 Å². The summed E-state index contributed by atoms with van der Waals surface area (Å²) in [4.78, 5) is 29.4. The fourth-order valence-electron chi connectivity index (χ4n) is 3.21. The summed E-state index contributed by atoms with van der Waals surface area (Å²) in [6, 6.07) is 11.8. The maximum Gasteiger partial charge on any atom is 0.389 e. The van der Waals surface area contributed by atoms with Gasteiger partial charge < -0.3 is 0 Å². The normalized spacial score (nSPS) is 17.0. The lowest BCUT2D eigenvalue weighted by atomic mass is 10.2. The Morgan fingerprint density at radius 2 is 1.81 bits per heavy atom. The Morgan fingerprint density at radius 1 is 1.06 bits per heavy atom. The highest BCUT2D eigenvalue weighted by Crippen LogP contribution is 2.43. The highest BCUT2D eigenvalue weighted by atomic mass is 32.2. The first-order valence-corrected chi connectivity index (χ1v) is 11.3. The standard InChI is InChI=1S/C21H18F3N6OS/c22-21(23,24)8-7-19-27-11-12-32(19)16-4-1-14(2-5-16)20(31)29-30-28-15-3-6-17-18(13-15)26-10-9-25-17/h1-6,9-10,13,32H,7-8,11-12H2/q+1. The second-order valence-electron chi connectivity index (χ2n) is 6.94. The van der Waals surface area contributed by atoms with Crippen LogP contribution in [-0.2, 0) is 0 Å². The number of carbonyl (C=O) groups excluding carboxylic acids is 1. The molecule has 0 saturated heterocycles. The quantitative estimate of drug-likeness (QED) is 0.323. The summed E-state index contributed by atoms with van der Waals surface area (Å²) >= 11 is 0. The maximum atomic E-state index is 12.5. The molecule has 2 heterocycles. The summed E-state index contributed by atoms with van der Waals surface area (Å²) in [7, 11) is -0.889. The number of benzene rings is 2. The van der Waals surface area contributed by atoms with E-state index < -0.39 is 29.4 Å². The largest absolute Gasteiger partial charge is 0.389 e. The molecule has 1 atom stereocenters. The topological polar surface area (TPSA) is 94.0 Å². The lowest BCUT2D eigenvalue weighted by Crippen LogP contribution is -2.10.